The molecule has 0 saturated carbocycles. The number of hydrogen-bond donors (Lipinski definition) is 1. The Balaban J connectivity index is 1.93. The van der Waals surface area contributed by atoms with Gasteiger partial charge in [0.25, 0.3) is 5.91 Å². The summed E-state index contributed by atoms with van der Waals surface area (Å²) < 4.78 is 0. The van der Waals surface area contributed by atoms with Crippen LogP contribution in [0.4, 0.5) is 0 Å². The van der Waals surface area contributed by atoms with Crippen LogP contribution in [0.15, 0.2) is 57.3 Å². The van der Waals surface area contributed by atoms with Crippen molar-refractivity contribution in [2.45, 2.75) is 4.90 Å². The minimum absolute atomic E-state index is 0.227. The van der Waals surface area contributed by atoms with Gasteiger partial charge in [-0.3, -0.25) is 4.79 Å². The number of thioether (sulfide) groups is 2. The Morgan fingerprint density at radius 3 is 2.45 bits per heavy atom. The van der Waals surface area contributed by atoms with E-state index in [-0.39, 0.29) is 5.91 Å². The molecule has 1 heterocycles. The standard InChI is InChI=1S/C17H12N2OS2/c1-21-14-11-8-7-10(9-5-3-2-4-6-9)12(14)13(11)15-16(20)19-17(18)22-15/h2-8H,1H3,(H2,18,19,20)/b15-13-. The van der Waals surface area contributed by atoms with E-state index in [4.69, 9.17) is 5.73 Å². The number of carbonyl (C=O) groups excluding carboxylic acids is 1. The number of rotatable bonds is 2. The van der Waals surface area contributed by atoms with Crippen LogP contribution in [0, 0.1) is 0 Å². The van der Waals surface area contributed by atoms with Crippen molar-refractivity contribution in [1.82, 2.24) is 0 Å². The molecule has 5 heteroatoms. The van der Waals surface area contributed by atoms with Gasteiger partial charge >= 0.3 is 0 Å². The first kappa shape index (κ1) is 13.7. The summed E-state index contributed by atoms with van der Waals surface area (Å²) in [5.41, 5.74) is 11.3. The van der Waals surface area contributed by atoms with Crippen molar-refractivity contribution >= 4 is 40.2 Å². The lowest BCUT2D eigenvalue weighted by Gasteiger charge is -2.30. The van der Waals surface area contributed by atoms with Gasteiger partial charge in [-0.25, -0.2) is 0 Å². The highest BCUT2D eigenvalue weighted by atomic mass is 32.2. The summed E-state index contributed by atoms with van der Waals surface area (Å²) in [6.45, 7) is 0. The van der Waals surface area contributed by atoms with Crippen LogP contribution in [0.25, 0.3) is 16.7 Å². The van der Waals surface area contributed by atoms with E-state index >= 15 is 0 Å². The van der Waals surface area contributed by atoms with E-state index in [1.807, 2.05) is 18.2 Å². The summed E-state index contributed by atoms with van der Waals surface area (Å²) in [6, 6.07) is 14.4. The van der Waals surface area contributed by atoms with Gasteiger partial charge in [-0.05, 0) is 34.7 Å². The number of hydrogen-bond acceptors (Lipinski definition) is 4. The lowest BCUT2D eigenvalue weighted by Crippen LogP contribution is -2.11. The van der Waals surface area contributed by atoms with Gasteiger partial charge in [-0.1, -0.05) is 42.5 Å². The molecule has 1 amide bonds. The molecule has 0 unspecified atom stereocenters. The smallest absolute Gasteiger partial charge is 0.286 e. The van der Waals surface area contributed by atoms with E-state index in [9.17, 15) is 4.79 Å². The minimum Gasteiger partial charge on any atom is -0.378 e. The van der Waals surface area contributed by atoms with Crippen LogP contribution in [0.5, 0.6) is 0 Å². The molecule has 0 fully saturated rings. The third-order valence-electron chi connectivity index (χ3n) is 3.81. The van der Waals surface area contributed by atoms with Crippen LogP contribution in [0.1, 0.15) is 11.1 Å². The predicted octanol–water partition coefficient (Wildman–Crippen LogP) is 3.74. The Labute approximate surface area is 136 Å². The number of fused-ring (bicyclic) bond motifs is 2. The Bertz CT molecular complexity index is 870. The van der Waals surface area contributed by atoms with Gasteiger partial charge in [0.2, 0.25) is 0 Å². The van der Waals surface area contributed by atoms with Gasteiger partial charge in [-0.2, -0.15) is 4.99 Å². The first-order valence-electron chi connectivity index (χ1n) is 6.78. The molecular formula is C17H12N2OS2. The van der Waals surface area contributed by atoms with Crippen LogP contribution in [-0.2, 0) is 4.79 Å². The molecule has 1 aliphatic heterocycles. The fraction of sp³-hybridized carbons (Fsp3) is 0.0588. The van der Waals surface area contributed by atoms with E-state index in [1.54, 1.807) is 11.8 Å². The summed E-state index contributed by atoms with van der Waals surface area (Å²) in [5.74, 6) is -0.227. The fourth-order valence-electron chi connectivity index (χ4n) is 2.89. The first-order valence-corrected chi connectivity index (χ1v) is 8.82. The fourth-order valence-corrected chi connectivity index (χ4v) is 4.48. The zero-order valence-electron chi connectivity index (χ0n) is 11.8. The third-order valence-corrected chi connectivity index (χ3v) is 5.52. The number of benzene rings is 2. The Hall–Kier alpha value is -1.98. The molecule has 2 bridgehead atoms. The average molecular weight is 324 g/mol. The molecule has 1 aliphatic carbocycles. The third kappa shape index (κ3) is 1.86. The van der Waals surface area contributed by atoms with E-state index in [0.717, 1.165) is 27.8 Å². The van der Waals surface area contributed by atoms with Crippen LogP contribution in [-0.4, -0.2) is 17.3 Å². The van der Waals surface area contributed by atoms with Crippen molar-refractivity contribution in [3.8, 4) is 11.1 Å². The van der Waals surface area contributed by atoms with Gasteiger partial charge in [0.05, 0.1) is 4.91 Å². The molecule has 3 nitrogen and oxygen atoms in total. The first-order chi connectivity index (χ1) is 10.7. The molecule has 108 valence electrons. The summed E-state index contributed by atoms with van der Waals surface area (Å²) in [6.07, 6.45) is 2.06. The number of amidine groups is 1. The van der Waals surface area contributed by atoms with Crippen molar-refractivity contribution in [3.63, 3.8) is 0 Å². The van der Waals surface area contributed by atoms with Crippen molar-refractivity contribution in [3.05, 3.63) is 58.5 Å². The average Bonchev–Trinajstić information content (AvgIpc) is 2.87. The highest BCUT2D eigenvalue weighted by Crippen LogP contribution is 2.54. The number of nitrogens with zero attached hydrogens (tertiary/aromatic N) is 1. The van der Waals surface area contributed by atoms with E-state index in [0.29, 0.717) is 10.1 Å². The molecular weight excluding hydrogens is 312 g/mol. The molecule has 0 spiro atoms. The second kappa shape index (κ2) is 5.04. The zero-order chi connectivity index (χ0) is 15.3. The molecule has 2 aromatic carbocycles. The molecule has 22 heavy (non-hydrogen) atoms. The monoisotopic (exact) mass is 324 g/mol. The molecule has 2 aromatic rings. The van der Waals surface area contributed by atoms with Gasteiger partial charge in [0.1, 0.15) is 0 Å². The lowest BCUT2D eigenvalue weighted by molar-refractivity contribution is -0.113. The topological polar surface area (TPSA) is 55.4 Å². The van der Waals surface area contributed by atoms with Crippen LogP contribution < -0.4 is 5.73 Å². The maximum absolute atomic E-state index is 12.1. The minimum atomic E-state index is -0.227. The van der Waals surface area contributed by atoms with Crippen molar-refractivity contribution < 1.29 is 4.79 Å². The Kier molecular flexibility index (Phi) is 3.13. The number of aliphatic imine (C=N–C) groups is 1. The van der Waals surface area contributed by atoms with Crippen molar-refractivity contribution in [2.24, 2.45) is 10.7 Å². The molecule has 0 saturated heterocycles. The quantitative estimate of drug-likeness (QED) is 0.576. The van der Waals surface area contributed by atoms with E-state index < -0.39 is 0 Å². The second-order valence-corrected chi connectivity index (χ2v) is 6.84. The number of carbonyl (C=O) groups is 1. The Morgan fingerprint density at radius 2 is 1.82 bits per heavy atom. The summed E-state index contributed by atoms with van der Waals surface area (Å²) >= 11 is 2.98. The molecule has 0 aromatic heterocycles. The molecule has 2 aliphatic rings. The number of amides is 1. The largest absolute Gasteiger partial charge is 0.378 e. The van der Waals surface area contributed by atoms with Crippen LogP contribution in [0.2, 0.25) is 0 Å². The zero-order valence-corrected chi connectivity index (χ0v) is 13.4. The summed E-state index contributed by atoms with van der Waals surface area (Å²) in [4.78, 5) is 17.8. The lowest BCUT2D eigenvalue weighted by atomic mass is 9.80. The Morgan fingerprint density at radius 1 is 1.09 bits per heavy atom. The maximum Gasteiger partial charge on any atom is 0.286 e. The normalized spacial score (nSPS) is 19.1. The van der Waals surface area contributed by atoms with Gasteiger partial charge in [-0.15, -0.1) is 11.8 Å². The van der Waals surface area contributed by atoms with Crippen molar-refractivity contribution in [1.29, 1.82) is 0 Å². The summed E-state index contributed by atoms with van der Waals surface area (Å²) in [5, 5.41) is 0.328. The van der Waals surface area contributed by atoms with Gasteiger partial charge in [0, 0.05) is 16.0 Å². The van der Waals surface area contributed by atoms with E-state index in [1.165, 1.54) is 16.7 Å². The molecule has 4 rings (SSSR count). The maximum atomic E-state index is 12.1. The molecule has 2 N–H and O–H groups in total. The number of nitrogens with two attached hydrogens (primary N) is 1. The highest BCUT2D eigenvalue weighted by molar-refractivity contribution is 8.18. The predicted molar refractivity (Wildman–Crippen MR) is 93.9 cm³/mol. The second-order valence-electron chi connectivity index (χ2n) is 5.00. The van der Waals surface area contributed by atoms with Gasteiger partial charge < -0.3 is 5.73 Å². The SMILES string of the molecule is CSc1c2ccc(-c3ccccc3)c1/C2=C1\SC(N)=NC1=O. The van der Waals surface area contributed by atoms with Crippen molar-refractivity contribution in [2.75, 3.05) is 6.26 Å². The molecule has 0 radical (unpaired) electrons. The molecule has 0 atom stereocenters. The summed E-state index contributed by atoms with van der Waals surface area (Å²) in [7, 11) is 0. The van der Waals surface area contributed by atoms with Gasteiger partial charge in [0.15, 0.2) is 5.17 Å². The van der Waals surface area contributed by atoms with Crippen LogP contribution >= 0.6 is 23.5 Å². The highest BCUT2D eigenvalue weighted by Gasteiger charge is 2.35. The van der Waals surface area contributed by atoms with E-state index in [2.05, 4.69) is 35.5 Å². The van der Waals surface area contributed by atoms with Crippen LogP contribution in [0.3, 0.4) is 0 Å².